The molecule has 0 saturated carbocycles. The molecule has 4 rings (SSSR count). The Balaban J connectivity index is 1.63. The molecule has 1 saturated heterocycles. The Kier molecular flexibility index (Phi) is 6.24. The summed E-state index contributed by atoms with van der Waals surface area (Å²) in [7, 11) is 3.15. The third-order valence-corrected chi connectivity index (χ3v) is 5.85. The lowest BCUT2D eigenvalue weighted by molar-refractivity contribution is 0.0378. The van der Waals surface area contributed by atoms with Crippen LogP contribution >= 0.6 is 0 Å². The van der Waals surface area contributed by atoms with Crippen LogP contribution in [0, 0.1) is 6.92 Å². The van der Waals surface area contributed by atoms with Gasteiger partial charge in [-0.1, -0.05) is 29.8 Å². The minimum atomic E-state index is -0.378. The molecule has 9 heteroatoms. The van der Waals surface area contributed by atoms with Gasteiger partial charge in [-0.2, -0.15) is 4.98 Å². The molecule has 3 heterocycles. The molecule has 0 atom stereocenters. The first-order valence-electron chi connectivity index (χ1n) is 10.7. The average molecular weight is 427 g/mol. The van der Waals surface area contributed by atoms with Gasteiger partial charge in [-0.25, -0.2) is 4.79 Å². The summed E-state index contributed by atoms with van der Waals surface area (Å²) in [6, 6.07) is 8.21. The van der Waals surface area contributed by atoms with E-state index in [-0.39, 0.29) is 11.2 Å². The first kappa shape index (κ1) is 21.3. The van der Waals surface area contributed by atoms with Crippen molar-refractivity contribution in [3.8, 4) is 0 Å². The summed E-state index contributed by atoms with van der Waals surface area (Å²) in [6.07, 6.45) is 0.949. The maximum atomic E-state index is 13.0. The molecule has 1 N–H and O–H groups in total. The number of nitrogens with one attached hydrogen (secondary N) is 1. The number of aromatic nitrogens is 4. The molecule has 0 unspecified atom stereocenters. The van der Waals surface area contributed by atoms with E-state index in [1.165, 1.54) is 17.2 Å². The fourth-order valence-electron chi connectivity index (χ4n) is 3.94. The average Bonchev–Trinajstić information content (AvgIpc) is 3.14. The van der Waals surface area contributed by atoms with E-state index in [1.54, 1.807) is 7.05 Å². The minimum absolute atomic E-state index is 0.334. The van der Waals surface area contributed by atoms with Crippen molar-refractivity contribution in [2.45, 2.75) is 19.9 Å². The van der Waals surface area contributed by atoms with Crippen LogP contribution in [-0.4, -0.2) is 63.0 Å². The van der Waals surface area contributed by atoms with E-state index in [0.717, 1.165) is 55.9 Å². The van der Waals surface area contributed by atoms with E-state index in [4.69, 9.17) is 4.74 Å². The Bertz CT molecular complexity index is 1170. The number of hydrogen-bond donors (Lipinski definition) is 1. The Morgan fingerprint density at radius 3 is 2.48 bits per heavy atom. The number of hydrogen-bond acceptors (Lipinski definition) is 6. The standard InChI is InChI=1S/C22H30N6O3/c1-16-5-7-17(8-6-16)15-28-18-19(25(2)22(30)26(3)20(18)29)24-21(28)23-9-4-10-27-11-13-31-14-12-27/h5-8H,4,9-15H2,1-3H3,(H,23,24). The summed E-state index contributed by atoms with van der Waals surface area (Å²) in [5.74, 6) is 0.607. The molecule has 9 nitrogen and oxygen atoms in total. The second kappa shape index (κ2) is 9.07. The van der Waals surface area contributed by atoms with Gasteiger partial charge in [0.05, 0.1) is 19.8 Å². The fraction of sp³-hybridized carbons (Fsp3) is 0.500. The van der Waals surface area contributed by atoms with Crippen molar-refractivity contribution in [3.05, 3.63) is 56.2 Å². The van der Waals surface area contributed by atoms with Crippen LogP contribution in [0.2, 0.25) is 0 Å². The molecular weight excluding hydrogens is 396 g/mol. The van der Waals surface area contributed by atoms with Gasteiger partial charge in [0.15, 0.2) is 11.2 Å². The zero-order valence-corrected chi connectivity index (χ0v) is 18.4. The smallest absolute Gasteiger partial charge is 0.332 e. The molecule has 0 bridgehead atoms. The Morgan fingerprint density at radius 1 is 1.06 bits per heavy atom. The Morgan fingerprint density at radius 2 is 1.77 bits per heavy atom. The Hall–Kier alpha value is -2.91. The van der Waals surface area contributed by atoms with Crippen molar-refractivity contribution in [2.75, 3.05) is 44.7 Å². The van der Waals surface area contributed by atoms with Crippen molar-refractivity contribution < 1.29 is 4.74 Å². The third kappa shape index (κ3) is 4.42. The van der Waals surface area contributed by atoms with Crippen LogP contribution in [0.15, 0.2) is 33.9 Å². The lowest BCUT2D eigenvalue weighted by Gasteiger charge is -2.26. The highest BCUT2D eigenvalue weighted by molar-refractivity contribution is 5.74. The second-order valence-corrected chi connectivity index (χ2v) is 8.12. The van der Waals surface area contributed by atoms with Gasteiger partial charge >= 0.3 is 5.69 Å². The van der Waals surface area contributed by atoms with Crippen molar-refractivity contribution >= 4 is 17.1 Å². The number of anilines is 1. The summed E-state index contributed by atoms with van der Waals surface area (Å²) in [6.45, 7) is 7.75. The summed E-state index contributed by atoms with van der Waals surface area (Å²) < 4.78 is 9.85. The first-order chi connectivity index (χ1) is 15.0. The highest BCUT2D eigenvalue weighted by Gasteiger charge is 2.19. The molecule has 0 spiro atoms. The molecule has 0 aliphatic carbocycles. The van der Waals surface area contributed by atoms with Crippen molar-refractivity contribution in [1.82, 2.24) is 23.6 Å². The van der Waals surface area contributed by atoms with Gasteiger partial charge in [0.1, 0.15) is 0 Å². The summed E-state index contributed by atoms with van der Waals surface area (Å²) >= 11 is 0. The van der Waals surface area contributed by atoms with Crippen LogP contribution in [0.3, 0.4) is 0 Å². The van der Waals surface area contributed by atoms with E-state index in [1.807, 2.05) is 11.5 Å². The van der Waals surface area contributed by atoms with Gasteiger partial charge in [0.2, 0.25) is 5.95 Å². The van der Waals surface area contributed by atoms with E-state index < -0.39 is 0 Å². The first-order valence-corrected chi connectivity index (χ1v) is 10.7. The van der Waals surface area contributed by atoms with Gasteiger partial charge in [-0.3, -0.25) is 23.4 Å². The molecule has 1 aliphatic rings. The second-order valence-electron chi connectivity index (χ2n) is 8.12. The largest absolute Gasteiger partial charge is 0.379 e. The van der Waals surface area contributed by atoms with Gasteiger partial charge in [-0.15, -0.1) is 0 Å². The van der Waals surface area contributed by atoms with Crippen LogP contribution in [0.25, 0.3) is 11.2 Å². The molecule has 31 heavy (non-hydrogen) atoms. The van der Waals surface area contributed by atoms with E-state index in [9.17, 15) is 9.59 Å². The van der Waals surface area contributed by atoms with Crippen LogP contribution in [0.1, 0.15) is 17.5 Å². The molecular formula is C22H30N6O3. The van der Waals surface area contributed by atoms with Gasteiger partial charge in [0, 0.05) is 33.7 Å². The predicted molar refractivity (Wildman–Crippen MR) is 121 cm³/mol. The number of fused-ring (bicyclic) bond motifs is 1. The van der Waals surface area contributed by atoms with Crippen molar-refractivity contribution in [3.63, 3.8) is 0 Å². The van der Waals surface area contributed by atoms with E-state index in [2.05, 4.69) is 39.5 Å². The molecule has 0 amide bonds. The molecule has 1 aliphatic heterocycles. The SMILES string of the molecule is Cc1ccc(Cn2c(NCCCN3CCOCC3)nc3c2c(=O)n(C)c(=O)n3C)cc1. The molecule has 3 aromatic rings. The minimum Gasteiger partial charge on any atom is -0.379 e. The van der Waals surface area contributed by atoms with Crippen LogP contribution in [0.4, 0.5) is 5.95 Å². The third-order valence-electron chi connectivity index (χ3n) is 5.85. The number of nitrogens with zero attached hydrogens (tertiary/aromatic N) is 5. The topological polar surface area (TPSA) is 86.3 Å². The van der Waals surface area contributed by atoms with Gasteiger partial charge in [0.25, 0.3) is 5.56 Å². The number of benzene rings is 1. The summed E-state index contributed by atoms with van der Waals surface area (Å²) in [5.41, 5.74) is 2.36. The van der Waals surface area contributed by atoms with Crippen molar-refractivity contribution in [1.29, 1.82) is 0 Å². The monoisotopic (exact) mass is 426 g/mol. The van der Waals surface area contributed by atoms with Gasteiger partial charge < -0.3 is 10.1 Å². The van der Waals surface area contributed by atoms with Crippen LogP contribution in [-0.2, 0) is 25.4 Å². The number of ether oxygens (including phenoxy) is 1. The summed E-state index contributed by atoms with van der Waals surface area (Å²) in [4.78, 5) is 32.4. The quantitative estimate of drug-likeness (QED) is 0.566. The van der Waals surface area contributed by atoms with Crippen molar-refractivity contribution in [2.24, 2.45) is 14.1 Å². The summed E-state index contributed by atoms with van der Waals surface area (Å²) in [5, 5.41) is 3.40. The number of imidazole rings is 1. The number of rotatable bonds is 7. The number of aryl methyl sites for hydroxylation is 2. The van der Waals surface area contributed by atoms with Crippen LogP contribution in [0.5, 0.6) is 0 Å². The van der Waals surface area contributed by atoms with Gasteiger partial charge in [-0.05, 0) is 25.5 Å². The lowest BCUT2D eigenvalue weighted by Crippen LogP contribution is -2.37. The predicted octanol–water partition coefficient (Wildman–Crippen LogP) is 0.925. The van der Waals surface area contributed by atoms with E-state index in [0.29, 0.717) is 23.7 Å². The van der Waals surface area contributed by atoms with E-state index >= 15 is 0 Å². The fourth-order valence-corrected chi connectivity index (χ4v) is 3.94. The highest BCUT2D eigenvalue weighted by atomic mass is 16.5. The molecule has 1 fully saturated rings. The molecule has 0 radical (unpaired) electrons. The number of morpholine rings is 1. The lowest BCUT2D eigenvalue weighted by atomic mass is 10.1. The zero-order valence-electron chi connectivity index (χ0n) is 18.4. The maximum absolute atomic E-state index is 13.0. The Labute approximate surface area is 180 Å². The molecule has 166 valence electrons. The molecule has 2 aromatic heterocycles. The zero-order chi connectivity index (χ0) is 22.0. The highest BCUT2D eigenvalue weighted by Crippen LogP contribution is 2.18. The maximum Gasteiger partial charge on any atom is 0.332 e. The normalized spacial score (nSPS) is 14.9. The van der Waals surface area contributed by atoms with Crippen LogP contribution < -0.4 is 16.6 Å². The molecule has 1 aromatic carbocycles.